The van der Waals surface area contributed by atoms with Crippen LogP contribution in [-0.2, 0) is 11.0 Å². The molecule has 1 N–H and O–H groups in total. The van der Waals surface area contributed by atoms with Crippen LogP contribution >= 0.6 is 0 Å². The number of aliphatic carboxylic acids is 1. The molecule has 0 aromatic heterocycles. The molecule has 1 fully saturated rings. The van der Waals surface area contributed by atoms with E-state index in [1.807, 2.05) is 35.2 Å². The van der Waals surface area contributed by atoms with Crippen LogP contribution in [0.5, 0.6) is 0 Å². The fourth-order valence-corrected chi connectivity index (χ4v) is 4.00. The zero-order valence-corrected chi connectivity index (χ0v) is 14.8. The van der Waals surface area contributed by atoms with Gasteiger partial charge in [-0.15, -0.1) is 0 Å². The minimum atomic E-state index is -4.39. The van der Waals surface area contributed by atoms with Gasteiger partial charge >= 0.3 is 12.1 Å². The Morgan fingerprint density at radius 2 is 1.81 bits per heavy atom. The van der Waals surface area contributed by atoms with E-state index in [1.165, 1.54) is 12.1 Å². The Labute approximate surface area is 156 Å². The van der Waals surface area contributed by atoms with Crippen LogP contribution in [0.25, 0.3) is 0 Å². The monoisotopic (exact) mass is 377 g/mol. The molecule has 1 aliphatic heterocycles. The van der Waals surface area contributed by atoms with Crippen molar-refractivity contribution in [2.24, 2.45) is 5.92 Å². The standard InChI is InChI=1S/C21H22F3NO2/c22-21(23,24)18-10-4-8-16(12-18)20(15-6-2-1-3-7-15)17-9-5-11-25(13-17)14-19(26)27/h1-4,6-8,10,12,17,20H,5,9,11,13-14H2,(H,26,27). The van der Waals surface area contributed by atoms with E-state index in [0.29, 0.717) is 18.7 Å². The highest BCUT2D eigenvalue weighted by Gasteiger charge is 2.34. The fourth-order valence-electron chi connectivity index (χ4n) is 4.00. The predicted molar refractivity (Wildman–Crippen MR) is 96.5 cm³/mol. The lowest BCUT2D eigenvalue weighted by molar-refractivity contribution is -0.139. The highest BCUT2D eigenvalue weighted by molar-refractivity contribution is 5.69. The summed E-state index contributed by atoms with van der Waals surface area (Å²) in [4.78, 5) is 12.9. The number of benzene rings is 2. The lowest BCUT2D eigenvalue weighted by Crippen LogP contribution is -2.40. The average molecular weight is 377 g/mol. The molecule has 2 atom stereocenters. The number of carboxylic acid groups (broad SMARTS) is 1. The highest BCUT2D eigenvalue weighted by Crippen LogP contribution is 2.39. The van der Waals surface area contributed by atoms with Crippen molar-refractivity contribution >= 4 is 5.97 Å². The number of alkyl halides is 3. The van der Waals surface area contributed by atoms with E-state index in [9.17, 15) is 18.0 Å². The second-order valence-electron chi connectivity index (χ2n) is 7.04. The quantitative estimate of drug-likeness (QED) is 0.826. The zero-order valence-electron chi connectivity index (χ0n) is 14.8. The summed E-state index contributed by atoms with van der Waals surface area (Å²) >= 11 is 0. The second kappa shape index (κ2) is 8.13. The van der Waals surface area contributed by atoms with Crippen molar-refractivity contribution in [2.45, 2.75) is 24.9 Å². The topological polar surface area (TPSA) is 40.5 Å². The number of piperidine rings is 1. The lowest BCUT2D eigenvalue weighted by atomic mass is 9.76. The SMILES string of the molecule is O=C(O)CN1CCCC(C(c2ccccc2)c2cccc(C(F)(F)F)c2)C1. The Kier molecular flexibility index (Phi) is 5.85. The molecule has 3 rings (SSSR count). The second-order valence-corrected chi connectivity index (χ2v) is 7.04. The van der Waals surface area contributed by atoms with Gasteiger partial charge in [0.25, 0.3) is 0 Å². The molecule has 0 spiro atoms. The van der Waals surface area contributed by atoms with Gasteiger partial charge in [-0.1, -0.05) is 48.5 Å². The number of likely N-dealkylation sites (tertiary alicyclic amines) is 1. The molecule has 1 saturated heterocycles. The van der Waals surface area contributed by atoms with E-state index in [0.717, 1.165) is 24.5 Å². The van der Waals surface area contributed by atoms with E-state index in [2.05, 4.69) is 0 Å². The van der Waals surface area contributed by atoms with E-state index >= 15 is 0 Å². The van der Waals surface area contributed by atoms with Crippen molar-refractivity contribution in [1.82, 2.24) is 4.90 Å². The maximum Gasteiger partial charge on any atom is 0.416 e. The Morgan fingerprint density at radius 3 is 2.48 bits per heavy atom. The van der Waals surface area contributed by atoms with E-state index < -0.39 is 17.7 Å². The van der Waals surface area contributed by atoms with Gasteiger partial charge < -0.3 is 5.11 Å². The molecule has 0 amide bonds. The minimum absolute atomic E-state index is 0.0411. The molecular weight excluding hydrogens is 355 g/mol. The molecule has 144 valence electrons. The number of halogens is 3. The smallest absolute Gasteiger partial charge is 0.416 e. The van der Waals surface area contributed by atoms with Gasteiger partial charge in [0, 0.05) is 12.5 Å². The first-order valence-electron chi connectivity index (χ1n) is 9.01. The van der Waals surface area contributed by atoms with Gasteiger partial charge in [0.15, 0.2) is 0 Å². The molecule has 1 aliphatic rings. The summed E-state index contributed by atoms with van der Waals surface area (Å²) < 4.78 is 39.6. The van der Waals surface area contributed by atoms with Crippen molar-refractivity contribution in [2.75, 3.05) is 19.6 Å². The summed E-state index contributed by atoms with van der Waals surface area (Å²) in [5, 5.41) is 9.08. The van der Waals surface area contributed by atoms with Gasteiger partial charge in [0.1, 0.15) is 0 Å². The van der Waals surface area contributed by atoms with Crippen LogP contribution in [0.2, 0.25) is 0 Å². The van der Waals surface area contributed by atoms with Gasteiger partial charge in [-0.05, 0) is 42.5 Å². The molecule has 0 saturated carbocycles. The van der Waals surface area contributed by atoms with Crippen LogP contribution in [-0.4, -0.2) is 35.6 Å². The Bertz CT molecular complexity index is 776. The maximum absolute atomic E-state index is 13.2. The summed E-state index contributed by atoms with van der Waals surface area (Å²) in [6, 6.07) is 15.0. The molecule has 6 heteroatoms. The molecule has 3 nitrogen and oxygen atoms in total. The van der Waals surface area contributed by atoms with E-state index in [4.69, 9.17) is 5.11 Å². The number of rotatable bonds is 5. The van der Waals surface area contributed by atoms with Crippen LogP contribution in [0, 0.1) is 5.92 Å². The van der Waals surface area contributed by atoms with Crippen LogP contribution in [0.4, 0.5) is 13.2 Å². The van der Waals surface area contributed by atoms with Crippen LogP contribution in [0.3, 0.4) is 0 Å². The fraction of sp³-hybridized carbons (Fsp3) is 0.381. The van der Waals surface area contributed by atoms with E-state index in [-0.39, 0.29) is 18.4 Å². The molecule has 2 unspecified atom stereocenters. The largest absolute Gasteiger partial charge is 0.480 e. The number of hydrogen-bond acceptors (Lipinski definition) is 2. The van der Waals surface area contributed by atoms with Crippen molar-refractivity contribution in [3.05, 3.63) is 71.3 Å². The third-order valence-corrected chi connectivity index (χ3v) is 5.10. The third-order valence-electron chi connectivity index (χ3n) is 5.10. The highest BCUT2D eigenvalue weighted by atomic mass is 19.4. The average Bonchev–Trinajstić information content (AvgIpc) is 2.62. The van der Waals surface area contributed by atoms with Crippen LogP contribution < -0.4 is 0 Å². The van der Waals surface area contributed by atoms with Crippen LogP contribution in [0.1, 0.15) is 35.4 Å². The zero-order chi connectivity index (χ0) is 19.4. The van der Waals surface area contributed by atoms with E-state index in [1.54, 1.807) is 6.07 Å². The minimum Gasteiger partial charge on any atom is -0.480 e. The Balaban J connectivity index is 1.96. The number of hydrogen-bond donors (Lipinski definition) is 1. The Morgan fingerprint density at radius 1 is 1.11 bits per heavy atom. The summed E-state index contributed by atoms with van der Waals surface area (Å²) in [6.45, 7) is 1.22. The van der Waals surface area contributed by atoms with Gasteiger partial charge in [0.2, 0.25) is 0 Å². The Hall–Kier alpha value is -2.34. The lowest BCUT2D eigenvalue weighted by Gasteiger charge is -2.37. The van der Waals surface area contributed by atoms with Gasteiger partial charge in [-0.2, -0.15) is 13.2 Å². The maximum atomic E-state index is 13.2. The van der Waals surface area contributed by atoms with Crippen molar-refractivity contribution in [3.63, 3.8) is 0 Å². The summed E-state index contributed by atoms with van der Waals surface area (Å²) in [5.41, 5.74) is 0.927. The molecule has 2 aromatic carbocycles. The van der Waals surface area contributed by atoms with Crippen molar-refractivity contribution < 1.29 is 23.1 Å². The van der Waals surface area contributed by atoms with Gasteiger partial charge in [-0.3, -0.25) is 9.69 Å². The molecule has 2 aromatic rings. The molecule has 0 aliphatic carbocycles. The van der Waals surface area contributed by atoms with Gasteiger partial charge in [0.05, 0.1) is 12.1 Å². The predicted octanol–water partition coefficient (Wildman–Crippen LogP) is 4.63. The number of carboxylic acids is 1. The molecular formula is C21H22F3NO2. The molecule has 27 heavy (non-hydrogen) atoms. The first kappa shape index (κ1) is 19.4. The third kappa shape index (κ3) is 4.89. The first-order chi connectivity index (χ1) is 12.8. The number of carbonyl (C=O) groups is 1. The summed E-state index contributed by atoms with van der Waals surface area (Å²) in [7, 11) is 0. The first-order valence-corrected chi connectivity index (χ1v) is 9.01. The number of nitrogens with zero attached hydrogens (tertiary/aromatic N) is 1. The van der Waals surface area contributed by atoms with Crippen molar-refractivity contribution in [1.29, 1.82) is 0 Å². The van der Waals surface area contributed by atoms with Crippen LogP contribution in [0.15, 0.2) is 54.6 Å². The normalized spacial score (nSPS) is 19.6. The summed E-state index contributed by atoms with van der Waals surface area (Å²) in [6.07, 6.45) is -2.70. The summed E-state index contributed by atoms with van der Waals surface area (Å²) in [5.74, 6) is -1.03. The van der Waals surface area contributed by atoms with Gasteiger partial charge in [-0.25, -0.2) is 0 Å². The van der Waals surface area contributed by atoms with Crippen molar-refractivity contribution in [3.8, 4) is 0 Å². The molecule has 0 radical (unpaired) electrons. The molecule has 0 bridgehead atoms. The molecule has 1 heterocycles.